The van der Waals surface area contributed by atoms with Crippen LogP contribution in [0, 0.1) is 0 Å². The number of amides is 1. The summed E-state index contributed by atoms with van der Waals surface area (Å²) in [6.45, 7) is 0.0692. The van der Waals surface area contributed by atoms with Gasteiger partial charge in [-0.15, -0.1) is 0 Å². The molecule has 0 heterocycles. The number of rotatable bonds is 5. The highest BCUT2D eigenvalue weighted by molar-refractivity contribution is 7.91. The van der Waals surface area contributed by atoms with Crippen molar-refractivity contribution >= 4 is 21.4 Å². The number of carbonyl (C=O) groups excluding carboxylic acids is 1. The monoisotopic (exact) mass is 257 g/mol. The second-order valence-corrected chi connectivity index (χ2v) is 5.93. The maximum absolute atomic E-state index is 11.3. The maximum Gasteiger partial charge on any atom is 0.239 e. The molecule has 1 amide bonds. The van der Waals surface area contributed by atoms with E-state index in [-0.39, 0.29) is 6.61 Å². The molecule has 5 nitrogen and oxygen atoms in total. The third-order valence-electron chi connectivity index (χ3n) is 2.03. The molecule has 94 valence electrons. The summed E-state index contributed by atoms with van der Waals surface area (Å²) in [6.07, 6.45) is 1.56. The second-order valence-electron chi connectivity index (χ2n) is 3.79. The number of aliphatic hydroxyl groups excluding tert-OH is 1. The first-order chi connectivity index (χ1) is 7.90. The molecule has 1 aromatic rings. The van der Waals surface area contributed by atoms with Crippen molar-refractivity contribution in [3.8, 4) is 0 Å². The van der Waals surface area contributed by atoms with Crippen LogP contribution in [0.1, 0.15) is 5.56 Å². The van der Waals surface area contributed by atoms with Gasteiger partial charge in [-0.1, -0.05) is 12.1 Å². The van der Waals surface area contributed by atoms with Crippen LogP contribution in [0.5, 0.6) is 0 Å². The van der Waals surface area contributed by atoms with Gasteiger partial charge in [-0.05, 0) is 24.1 Å². The molecule has 17 heavy (non-hydrogen) atoms. The topological polar surface area (TPSA) is 83.5 Å². The van der Waals surface area contributed by atoms with E-state index in [0.717, 1.165) is 11.8 Å². The van der Waals surface area contributed by atoms with Crippen LogP contribution in [-0.2, 0) is 21.1 Å². The molecule has 0 radical (unpaired) electrons. The van der Waals surface area contributed by atoms with Crippen LogP contribution in [0.15, 0.2) is 24.3 Å². The van der Waals surface area contributed by atoms with E-state index in [9.17, 15) is 13.2 Å². The van der Waals surface area contributed by atoms with Crippen molar-refractivity contribution in [2.75, 3.05) is 23.9 Å². The van der Waals surface area contributed by atoms with Crippen molar-refractivity contribution in [3.05, 3.63) is 29.8 Å². The van der Waals surface area contributed by atoms with Gasteiger partial charge in [0.25, 0.3) is 0 Å². The van der Waals surface area contributed by atoms with Gasteiger partial charge in [0.1, 0.15) is 5.75 Å². The number of hydrogen-bond donors (Lipinski definition) is 2. The molecule has 1 aromatic carbocycles. The Balaban J connectivity index is 2.60. The lowest BCUT2D eigenvalue weighted by Gasteiger charge is -2.05. The molecule has 0 saturated heterocycles. The summed E-state index contributed by atoms with van der Waals surface area (Å²) in [6, 6.07) is 6.88. The first-order valence-electron chi connectivity index (χ1n) is 5.08. The summed E-state index contributed by atoms with van der Waals surface area (Å²) >= 11 is 0. The average Bonchev–Trinajstić information content (AvgIpc) is 2.18. The van der Waals surface area contributed by atoms with Gasteiger partial charge >= 0.3 is 0 Å². The minimum Gasteiger partial charge on any atom is -0.396 e. The quantitative estimate of drug-likeness (QED) is 0.789. The molecule has 0 aliphatic carbocycles. The summed E-state index contributed by atoms with van der Waals surface area (Å²) in [4.78, 5) is 11.3. The Morgan fingerprint density at radius 1 is 1.29 bits per heavy atom. The van der Waals surface area contributed by atoms with Crippen molar-refractivity contribution in [2.24, 2.45) is 0 Å². The number of hydrogen-bond acceptors (Lipinski definition) is 4. The van der Waals surface area contributed by atoms with Crippen LogP contribution in [0.4, 0.5) is 5.69 Å². The van der Waals surface area contributed by atoms with E-state index < -0.39 is 21.5 Å². The van der Waals surface area contributed by atoms with Gasteiger partial charge in [0.15, 0.2) is 9.84 Å². The minimum atomic E-state index is -3.31. The predicted octanol–water partition coefficient (Wildman–Crippen LogP) is 0.204. The van der Waals surface area contributed by atoms with E-state index in [1.807, 2.05) is 0 Å². The summed E-state index contributed by atoms with van der Waals surface area (Å²) in [5.74, 6) is -1.08. The molecular formula is C11H15NO4S. The van der Waals surface area contributed by atoms with E-state index in [1.165, 1.54) is 0 Å². The number of carbonyl (C=O) groups is 1. The molecule has 0 aliphatic rings. The van der Waals surface area contributed by atoms with Gasteiger partial charge in [0.05, 0.1) is 0 Å². The third-order valence-corrected chi connectivity index (χ3v) is 2.82. The molecule has 1 rings (SSSR count). The SMILES string of the molecule is CS(=O)(=O)CC(=O)Nc1ccc(CCO)cc1. The van der Waals surface area contributed by atoms with Crippen molar-refractivity contribution < 1.29 is 18.3 Å². The van der Waals surface area contributed by atoms with E-state index in [4.69, 9.17) is 5.11 Å². The Labute approximate surface area is 100 Å². The molecule has 0 fully saturated rings. The van der Waals surface area contributed by atoms with Crippen LogP contribution in [0.3, 0.4) is 0 Å². The molecule has 0 spiro atoms. The standard InChI is InChI=1S/C11H15NO4S/c1-17(15,16)8-11(14)12-10-4-2-9(3-5-10)6-7-13/h2-5,13H,6-8H2,1H3,(H,12,14). The van der Waals surface area contributed by atoms with Crippen LogP contribution >= 0.6 is 0 Å². The van der Waals surface area contributed by atoms with Crippen LogP contribution in [-0.4, -0.2) is 38.0 Å². The molecule has 0 bridgehead atoms. The van der Waals surface area contributed by atoms with Gasteiger partial charge < -0.3 is 10.4 Å². The van der Waals surface area contributed by atoms with Crippen LogP contribution < -0.4 is 5.32 Å². The van der Waals surface area contributed by atoms with Gasteiger partial charge in [-0.25, -0.2) is 8.42 Å². The zero-order valence-corrected chi connectivity index (χ0v) is 10.3. The van der Waals surface area contributed by atoms with Gasteiger partial charge in [0.2, 0.25) is 5.91 Å². The lowest BCUT2D eigenvalue weighted by atomic mass is 10.1. The number of anilines is 1. The Bertz CT molecular complexity index is 479. The number of nitrogens with one attached hydrogen (secondary N) is 1. The minimum absolute atomic E-state index is 0.0692. The zero-order valence-electron chi connectivity index (χ0n) is 9.51. The highest BCUT2D eigenvalue weighted by Gasteiger charge is 2.10. The third kappa shape index (κ3) is 5.46. The largest absolute Gasteiger partial charge is 0.396 e. The fourth-order valence-electron chi connectivity index (χ4n) is 1.32. The number of benzene rings is 1. The fourth-order valence-corrected chi connectivity index (χ4v) is 1.87. The average molecular weight is 257 g/mol. The van der Waals surface area contributed by atoms with E-state index in [2.05, 4.69) is 5.32 Å². The van der Waals surface area contributed by atoms with E-state index in [0.29, 0.717) is 12.1 Å². The van der Waals surface area contributed by atoms with Crippen molar-refractivity contribution in [2.45, 2.75) is 6.42 Å². The van der Waals surface area contributed by atoms with Crippen molar-refractivity contribution in [1.29, 1.82) is 0 Å². The molecule has 0 unspecified atom stereocenters. The predicted molar refractivity (Wildman–Crippen MR) is 65.6 cm³/mol. The molecule has 0 saturated carbocycles. The molecule has 0 atom stereocenters. The molecule has 2 N–H and O–H groups in total. The Kier molecular flexibility index (Phi) is 4.65. The van der Waals surface area contributed by atoms with Crippen molar-refractivity contribution in [1.82, 2.24) is 0 Å². The smallest absolute Gasteiger partial charge is 0.239 e. The fraction of sp³-hybridized carbons (Fsp3) is 0.364. The second kappa shape index (κ2) is 5.79. The summed E-state index contributed by atoms with van der Waals surface area (Å²) in [5, 5.41) is 11.2. The summed E-state index contributed by atoms with van der Waals surface area (Å²) in [5.41, 5.74) is 1.49. The Morgan fingerprint density at radius 3 is 2.35 bits per heavy atom. The Morgan fingerprint density at radius 2 is 1.88 bits per heavy atom. The van der Waals surface area contributed by atoms with Crippen LogP contribution in [0.2, 0.25) is 0 Å². The lowest BCUT2D eigenvalue weighted by molar-refractivity contribution is -0.113. The van der Waals surface area contributed by atoms with Crippen LogP contribution in [0.25, 0.3) is 0 Å². The number of sulfone groups is 1. The first kappa shape index (κ1) is 13.7. The van der Waals surface area contributed by atoms with Gasteiger partial charge in [0, 0.05) is 18.6 Å². The van der Waals surface area contributed by atoms with Gasteiger partial charge in [-0.2, -0.15) is 0 Å². The van der Waals surface area contributed by atoms with E-state index in [1.54, 1.807) is 24.3 Å². The summed E-state index contributed by atoms with van der Waals surface area (Å²) < 4.78 is 21.8. The maximum atomic E-state index is 11.3. The highest BCUT2D eigenvalue weighted by Crippen LogP contribution is 2.09. The highest BCUT2D eigenvalue weighted by atomic mass is 32.2. The molecule has 0 aromatic heterocycles. The number of aliphatic hydroxyl groups is 1. The van der Waals surface area contributed by atoms with Crippen molar-refractivity contribution in [3.63, 3.8) is 0 Å². The normalized spacial score (nSPS) is 11.2. The summed E-state index contributed by atoms with van der Waals surface area (Å²) in [7, 11) is -3.31. The van der Waals surface area contributed by atoms with E-state index >= 15 is 0 Å². The molecule has 6 heteroatoms. The Hall–Kier alpha value is -1.40. The van der Waals surface area contributed by atoms with Gasteiger partial charge in [-0.3, -0.25) is 4.79 Å². The molecule has 0 aliphatic heterocycles. The zero-order chi connectivity index (χ0) is 12.9. The molecular weight excluding hydrogens is 242 g/mol. The lowest BCUT2D eigenvalue weighted by Crippen LogP contribution is -2.21. The first-order valence-corrected chi connectivity index (χ1v) is 7.14.